The van der Waals surface area contributed by atoms with E-state index in [-0.39, 0.29) is 35.2 Å². The van der Waals surface area contributed by atoms with Gasteiger partial charge < -0.3 is 24.4 Å². The molecule has 0 saturated carbocycles. The molecule has 49 heavy (non-hydrogen) atoms. The Bertz CT molecular complexity index is 1800. The summed E-state index contributed by atoms with van der Waals surface area (Å²) in [5.41, 5.74) is 2.89. The molecule has 10 nitrogen and oxygen atoms in total. The fourth-order valence-corrected chi connectivity index (χ4v) is 6.83. The van der Waals surface area contributed by atoms with Crippen molar-refractivity contribution in [2.75, 3.05) is 38.2 Å². The summed E-state index contributed by atoms with van der Waals surface area (Å²) in [6, 6.07) is 26.9. The topological polar surface area (TPSA) is 114 Å². The van der Waals surface area contributed by atoms with Crippen LogP contribution >= 0.6 is 0 Å². The van der Waals surface area contributed by atoms with E-state index >= 15 is 0 Å². The zero-order chi connectivity index (χ0) is 35.4. The number of methoxy groups -OCH3 is 2. The summed E-state index contributed by atoms with van der Waals surface area (Å²) in [4.78, 5) is 29.9. The first kappa shape index (κ1) is 36.8. The molecule has 4 rings (SSSR count). The highest BCUT2D eigenvalue weighted by molar-refractivity contribution is 7.92. The minimum Gasteiger partial charge on any atom is -0.494 e. The maximum atomic E-state index is 14.7. The molecule has 1 N–H and O–H groups in total. The number of hydrogen-bond acceptors (Lipinski definition) is 7. The second-order valence-corrected chi connectivity index (χ2v) is 13.3. The molecule has 2 amide bonds. The Morgan fingerprint density at radius 1 is 0.837 bits per heavy atom. The van der Waals surface area contributed by atoms with Gasteiger partial charge in [0.2, 0.25) is 11.8 Å². The van der Waals surface area contributed by atoms with Gasteiger partial charge >= 0.3 is 0 Å². The molecule has 0 saturated heterocycles. The van der Waals surface area contributed by atoms with Gasteiger partial charge in [-0.1, -0.05) is 61.5 Å². The summed E-state index contributed by atoms with van der Waals surface area (Å²) >= 11 is 0. The lowest BCUT2D eigenvalue weighted by Crippen LogP contribution is -2.53. The van der Waals surface area contributed by atoms with Crippen LogP contribution in [0.1, 0.15) is 37.0 Å². The number of benzene rings is 4. The molecular weight excluding hydrogens is 642 g/mol. The highest BCUT2D eigenvalue weighted by Crippen LogP contribution is 2.33. The molecule has 260 valence electrons. The van der Waals surface area contributed by atoms with Crippen molar-refractivity contribution in [1.29, 1.82) is 0 Å². The van der Waals surface area contributed by atoms with Crippen LogP contribution in [0.15, 0.2) is 102 Å². The highest BCUT2D eigenvalue weighted by atomic mass is 32.2. The number of amides is 2. The third kappa shape index (κ3) is 9.32. The largest absolute Gasteiger partial charge is 0.494 e. The molecule has 0 aromatic heterocycles. The lowest BCUT2D eigenvalue weighted by Gasteiger charge is -2.34. The Hall–Kier alpha value is -5.03. The second-order valence-electron chi connectivity index (χ2n) is 11.4. The molecule has 0 aliphatic heterocycles. The SMILES string of the molecule is CCCNC(=O)[C@H](Cc1ccccc1)N(Cc1ccccc1C)C(=O)CN(c1ccc(OCC)cc1)S(=O)(=O)c1ccc(OC)c(OC)c1. The molecule has 0 fully saturated rings. The van der Waals surface area contributed by atoms with E-state index in [1.165, 1.54) is 37.3 Å². The van der Waals surface area contributed by atoms with E-state index in [1.807, 2.05) is 75.4 Å². The number of nitrogens with zero attached hydrogens (tertiary/aromatic N) is 2. The van der Waals surface area contributed by atoms with E-state index in [1.54, 1.807) is 24.3 Å². The van der Waals surface area contributed by atoms with Crippen molar-refractivity contribution in [3.05, 3.63) is 114 Å². The molecule has 11 heteroatoms. The first-order chi connectivity index (χ1) is 23.6. The van der Waals surface area contributed by atoms with Crippen LogP contribution in [0.4, 0.5) is 5.69 Å². The van der Waals surface area contributed by atoms with Gasteiger partial charge in [-0.3, -0.25) is 13.9 Å². The number of sulfonamides is 1. The van der Waals surface area contributed by atoms with Crippen molar-refractivity contribution in [3.8, 4) is 17.2 Å². The number of carbonyl (C=O) groups is 2. The molecule has 4 aromatic rings. The van der Waals surface area contributed by atoms with E-state index in [0.717, 1.165) is 21.0 Å². The number of aryl methyl sites for hydroxylation is 1. The van der Waals surface area contributed by atoms with Crippen LogP contribution < -0.4 is 23.8 Å². The van der Waals surface area contributed by atoms with E-state index in [0.29, 0.717) is 31.1 Å². The third-order valence-corrected chi connectivity index (χ3v) is 9.85. The summed E-state index contributed by atoms with van der Waals surface area (Å²) in [5, 5.41) is 2.97. The quantitative estimate of drug-likeness (QED) is 0.150. The predicted molar refractivity (Wildman–Crippen MR) is 191 cm³/mol. The summed E-state index contributed by atoms with van der Waals surface area (Å²) in [7, 11) is -1.48. The van der Waals surface area contributed by atoms with E-state index in [4.69, 9.17) is 14.2 Å². The Balaban J connectivity index is 1.83. The molecule has 0 unspecified atom stereocenters. The van der Waals surface area contributed by atoms with E-state index in [2.05, 4.69) is 5.32 Å². The van der Waals surface area contributed by atoms with Crippen molar-refractivity contribution in [2.24, 2.45) is 0 Å². The van der Waals surface area contributed by atoms with Gasteiger partial charge in [0.05, 0.1) is 31.4 Å². The number of rotatable bonds is 17. The maximum Gasteiger partial charge on any atom is 0.264 e. The molecule has 0 heterocycles. The van der Waals surface area contributed by atoms with Crippen molar-refractivity contribution in [3.63, 3.8) is 0 Å². The van der Waals surface area contributed by atoms with Crippen molar-refractivity contribution < 1.29 is 32.2 Å². The molecule has 1 atom stereocenters. The standard InChI is InChI=1S/C38H45N3O7S/c1-6-23-39-38(43)34(24-29-14-9-8-10-15-29)40(26-30-16-12-11-13-28(30)3)37(42)27-41(31-17-19-32(20-18-31)48-7-2)49(44,45)33-21-22-35(46-4)36(25-33)47-5/h8-22,25,34H,6-7,23-24,26-27H2,1-5H3,(H,39,43)/t34-/m0/s1. The average Bonchev–Trinajstić information content (AvgIpc) is 3.12. The fourth-order valence-electron chi connectivity index (χ4n) is 5.40. The normalized spacial score (nSPS) is 11.7. The van der Waals surface area contributed by atoms with Crippen LogP contribution in [-0.2, 0) is 32.6 Å². The number of ether oxygens (including phenoxy) is 3. The number of carbonyl (C=O) groups excluding carboxylic acids is 2. The maximum absolute atomic E-state index is 14.7. The van der Waals surface area contributed by atoms with Crippen LogP contribution in [0, 0.1) is 6.92 Å². The Labute approximate surface area is 289 Å². The summed E-state index contributed by atoms with van der Waals surface area (Å²) in [6.45, 7) is 6.13. The van der Waals surface area contributed by atoms with Crippen molar-refractivity contribution in [1.82, 2.24) is 10.2 Å². The molecule has 0 aliphatic rings. The zero-order valence-corrected chi connectivity index (χ0v) is 29.5. The van der Waals surface area contributed by atoms with Gasteiger partial charge in [0.15, 0.2) is 11.5 Å². The summed E-state index contributed by atoms with van der Waals surface area (Å²) < 4.78 is 46.3. The van der Waals surface area contributed by atoms with Crippen molar-refractivity contribution in [2.45, 2.75) is 51.1 Å². The predicted octanol–water partition coefficient (Wildman–Crippen LogP) is 5.77. The molecule has 0 spiro atoms. The average molecular weight is 688 g/mol. The lowest BCUT2D eigenvalue weighted by atomic mass is 10.0. The number of anilines is 1. The van der Waals surface area contributed by atoms with Gasteiger partial charge in [0, 0.05) is 25.6 Å². The molecule has 0 radical (unpaired) electrons. The molecule has 4 aromatic carbocycles. The van der Waals surface area contributed by atoms with Gasteiger partial charge in [0.1, 0.15) is 18.3 Å². The minimum absolute atomic E-state index is 0.0933. The van der Waals surface area contributed by atoms with Crippen LogP contribution in [-0.4, -0.2) is 65.1 Å². The lowest BCUT2D eigenvalue weighted by molar-refractivity contribution is -0.140. The van der Waals surface area contributed by atoms with Gasteiger partial charge in [0.25, 0.3) is 10.0 Å². The first-order valence-corrected chi connectivity index (χ1v) is 17.7. The minimum atomic E-state index is -4.36. The molecule has 0 bridgehead atoms. The second kappa shape index (κ2) is 17.4. The number of hydrogen-bond donors (Lipinski definition) is 1. The Morgan fingerprint density at radius 3 is 2.14 bits per heavy atom. The Morgan fingerprint density at radius 2 is 1.51 bits per heavy atom. The molecule has 0 aliphatic carbocycles. The van der Waals surface area contributed by atoms with Crippen LogP contribution in [0.25, 0.3) is 0 Å². The molecular formula is C38H45N3O7S. The van der Waals surface area contributed by atoms with Crippen molar-refractivity contribution >= 4 is 27.5 Å². The van der Waals surface area contributed by atoms with Gasteiger partial charge in [-0.25, -0.2) is 8.42 Å². The van der Waals surface area contributed by atoms with E-state index < -0.39 is 28.5 Å². The van der Waals surface area contributed by atoms with Gasteiger partial charge in [-0.2, -0.15) is 0 Å². The van der Waals surface area contributed by atoms with Crippen LogP contribution in [0.5, 0.6) is 17.2 Å². The van der Waals surface area contributed by atoms with Crippen LogP contribution in [0.3, 0.4) is 0 Å². The summed E-state index contributed by atoms with van der Waals surface area (Å²) in [5.74, 6) is 0.268. The van der Waals surface area contributed by atoms with Gasteiger partial charge in [-0.05, 0) is 73.4 Å². The van der Waals surface area contributed by atoms with Crippen LogP contribution in [0.2, 0.25) is 0 Å². The zero-order valence-electron chi connectivity index (χ0n) is 28.7. The highest BCUT2D eigenvalue weighted by Gasteiger charge is 2.35. The first-order valence-electron chi connectivity index (χ1n) is 16.3. The van der Waals surface area contributed by atoms with Gasteiger partial charge in [-0.15, -0.1) is 0 Å². The fraction of sp³-hybridized carbons (Fsp3) is 0.316. The third-order valence-electron chi connectivity index (χ3n) is 8.08. The van der Waals surface area contributed by atoms with E-state index in [9.17, 15) is 18.0 Å². The monoisotopic (exact) mass is 687 g/mol. The number of nitrogens with one attached hydrogen (secondary N) is 1. The smallest absolute Gasteiger partial charge is 0.264 e. The summed E-state index contributed by atoms with van der Waals surface area (Å²) in [6.07, 6.45) is 0.949. The Kier molecular flexibility index (Phi) is 13.1.